The maximum Gasteiger partial charge on any atom is 0.178 e. The molecule has 0 amide bonds. The van der Waals surface area contributed by atoms with E-state index in [2.05, 4.69) is 29.5 Å². The standard InChI is InChI=1S/C22H26FIO3/c1-21-4-3-10(25)5-14(21)15(23)7-13-18-11-6-12(11)19(17(27)9-24)22(18,2)8-16(26)20(13)21/h3-5,11-13,15-16,18-20,26H,6-9H2,1-2H3/t11-,12+,13-,15-,16-,18-,19+,20+,21-,22-/m0/s1. The van der Waals surface area contributed by atoms with Gasteiger partial charge in [-0.15, -0.1) is 0 Å². The van der Waals surface area contributed by atoms with E-state index in [0.717, 1.165) is 6.42 Å². The molecule has 1 N–H and O–H groups in total. The Balaban J connectivity index is 1.59. The van der Waals surface area contributed by atoms with Crippen molar-refractivity contribution in [2.75, 3.05) is 4.43 Å². The molecule has 0 aromatic rings. The summed E-state index contributed by atoms with van der Waals surface area (Å²) in [7, 11) is 0. The molecule has 4 fully saturated rings. The van der Waals surface area contributed by atoms with Crippen LogP contribution in [0.1, 0.15) is 33.1 Å². The van der Waals surface area contributed by atoms with Crippen LogP contribution in [0, 0.1) is 46.3 Å². The molecule has 10 atom stereocenters. The van der Waals surface area contributed by atoms with Crippen molar-refractivity contribution in [2.24, 2.45) is 46.3 Å². The molecule has 0 aromatic heterocycles. The van der Waals surface area contributed by atoms with E-state index in [1.165, 1.54) is 12.2 Å². The molecule has 5 aliphatic rings. The van der Waals surface area contributed by atoms with E-state index in [-0.39, 0.29) is 29.0 Å². The summed E-state index contributed by atoms with van der Waals surface area (Å²) in [6.45, 7) is 4.17. The Kier molecular flexibility index (Phi) is 3.93. The van der Waals surface area contributed by atoms with E-state index >= 15 is 4.39 Å². The van der Waals surface area contributed by atoms with Gasteiger partial charge in [-0.1, -0.05) is 42.5 Å². The van der Waals surface area contributed by atoms with E-state index in [0.29, 0.717) is 46.4 Å². The fraction of sp³-hybridized carbons (Fsp3) is 0.727. The molecule has 0 bridgehead atoms. The molecule has 5 heteroatoms. The normalized spacial score (nSPS) is 55.1. The van der Waals surface area contributed by atoms with Gasteiger partial charge in [-0.05, 0) is 66.1 Å². The van der Waals surface area contributed by atoms with Gasteiger partial charge in [-0.25, -0.2) is 4.39 Å². The molecule has 0 aromatic carbocycles. The summed E-state index contributed by atoms with van der Waals surface area (Å²) in [6, 6.07) is 0. The Labute approximate surface area is 173 Å². The van der Waals surface area contributed by atoms with Crippen molar-refractivity contribution in [1.82, 2.24) is 0 Å². The van der Waals surface area contributed by atoms with E-state index in [1.54, 1.807) is 0 Å². The highest BCUT2D eigenvalue weighted by Gasteiger charge is 2.73. The fourth-order valence-corrected chi connectivity index (χ4v) is 8.48. The molecule has 0 saturated heterocycles. The third-order valence-corrected chi connectivity index (χ3v) is 9.49. The minimum absolute atomic E-state index is 0.0197. The molecule has 0 unspecified atom stereocenters. The monoisotopic (exact) mass is 484 g/mol. The number of carbonyl (C=O) groups is 2. The predicted octanol–water partition coefficient (Wildman–Crippen LogP) is 3.69. The summed E-state index contributed by atoms with van der Waals surface area (Å²) in [4.78, 5) is 24.6. The van der Waals surface area contributed by atoms with E-state index in [1.807, 2.05) is 13.0 Å². The Morgan fingerprint density at radius 1 is 1.26 bits per heavy atom. The summed E-state index contributed by atoms with van der Waals surface area (Å²) >= 11 is 2.16. The zero-order valence-electron chi connectivity index (χ0n) is 15.7. The van der Waals surface area contributed by atoms with Crippen LogP contribution < -0.4 is 0 Å². The highest BCUT2D eigenvalue weighted by atomic mass is 127. The van der Waals surface area contributed by atoms with Gasteiger partial charge in [0.2, 0.25) is 0 Å². The number of aliphatic hydroxyl groups is 1. The van der Waals surface area contributed by atoms with Crippen LogP contribution in [0.5, 0.6) is 0 Å². The van der Waals surface area contributed by atoms with Crippen molar-refractivity contribution in [3.63, 3.8) is 0 Å². The average Bonchev–Trinajstić information content (AvgIpc) is 3.29. The molecule has 5 rings (SSSR count). The Morgan fingerprint density at radius 2 is 2.00 bits per heavy atom. The lowest BCUT2D eigenvalue weighted by Crippen LogP contribution is -2.59. The summed E-state index contributed by atoms with van der Waals surface area (Å²) in [6.07, 6.45) is 5.19. The zero-order valence-corrected chi connectivity index (χ0v) is 17.9. The van der Waals surface area contributed by atoms with Crippen LogP contribution in [0.4, 0.5) is 4.39 Å². The third kappa shape index (κ3) is 2.27. The number of carbonyl (C=O) groups excluding carboxylic acids is 2. The van der Waals surface area contributed by atoms with Gasteiger partial charge in [-0.2, -0.15) is 0 Å². The zero-order chi connectivity index (χ0) is 19.3. The molecule has 0 radical (unpaired) electrons. The van der Waals surface area contributed by atoms with Gasteiger partial charge in [0, 0.05) is 17.3 Å². The van der Waals surface area contributed by atoms with Crippen molar-refractivity contribution >= 4 is 34.2 Å². The summed E-state index contributed by atoms with van der Waals surface area (Å²) in [5.74, 6) is 1.39. The minimum Gasteiger partial charge on any atom is -0.393 e. The first-order valence-corrected chi connectivity index (χ1v) is 11.6. The first-order chi connectivity index (χ1) is 12.7. The highest BCUT2D eigenvalue weighted by molar-refractivity contribution is 14.1. The van der Waals surface area contributed by atoms with Crippen LogP contribution >= 0.6 is 22.6 Å². The quantitative estimate of drug-likeness (QED) is 0.481. The highest BCUT2D eigenvalue weighted by Crippen LogP contribution is 2.75. The number of ketones is 2. The predicted molar refractivity (Wildman–Crippen MR) is 108 cm³/mol. The van der Waals surface area contributed by atoms with Crippen LogP contribution in [0.3, 0.4) is 0 Å². The number of Topliss-reactive ketones (excluding diaryl/α,β-unsaturated/α-hetero) is 1. The van der Waals surface area contributed by atoms with Crippen molar-refractivity contribution in [2.45, 2.75) is 45.4 Å². The molecule has 5 aliphatic carbocycles. The van der Waals surface area contributed by atoms with Crippen molar-refractivity contribution in [3.8, 4) is 0 Å². The molecule has 0 spiro atoms. The van der Waals surface area contributed by atoms with Crippen molar-refractivity contribution in [3.05, 3.63) is 23.8 Å². The molecular formula is C22H26FIO3. The molecule has 0 heterocycles. The first kappa shape index (κ1) is 18.5. The van der Waals surface area contributed by atoms with Crippen LogP contribution in [0.2, 0.25) is 0 Å². The van der Waals surface area contributed by atoms with Crippen molar-refractivity contribution < 1.29 is 19.1 Å². The largest absolute Gasteiger partial charge is 0.393 e. The lowest BCUT2D eigenvalue weighted by Gasteiger charge is -2.60. The lowest BCUT2D eigenvalue weighted by molar-refractivity contribution is -0.146. The number of aliphatic hydroxyl groups excluding tert-OH is 1. The van der Waals surface area contributed by atoms with Gasteiger partial charge in [-0.3, -0.25) is 9.59 Å². The third-order valence-electron chi connectivity index (χ3n) is 8.74. The van der Waals surface area contributed by atoms with Gasteiger partial charge in [0.25, 0.3) is 0 Å². The van der Waals surface area contributed by atoms with Gasteiger partial charge in [0.15, 0.2) is 5.78 Å². The Bertz CT molecular complexity index is 790. The van der Waals surface area contributed by atoms with Crippen LogP contribution in [-0.2, 0) is 9.59 Å². The maximum absolute atomic E-state index is 15.3. The van der Waals surface area contributed by atoms with E-state index in [9.17, 15) is 14.7 Å². The van der Waals surface area contributed by atoms with Gasteiger partial charge in [0.05, 0.1) is 10.5 Å². The maximum atomic E-state index is 15.3. The second-order valence-electron chi connectivity index (χ2n) is 9.96. The summed E-state index contributed by atoms with van der Waals surface area (Å²) in [5, 5.41) is 11.3. The number of fused-ring (bicyclic) bond motifs is 7. The van der Waals surface area contributed by atoms with Crippen LogP contribution in [0.15, 0.2) is 23.8 Å². The van der Waals surface area contributed by atoms with Gasteiger partial charge >= 0.3 is 0 Å². The van der Waals surface area contributed by atoms with E-state index in [4.69, 9.17) is 0 Å². The second-order valence-corrected chi connectivity index (χ2v) is 10.7. The average molecular weight is 484 g/mol. The van der Waals surface area contributed by atoms with Gasteiger partial charge < -0.3 is 5.11 Å². The fourth-order valence-electron chi connectivity index (χ4n) is 8.01. The topological polar surface area (TPSA) is 54.4 Å². The Hall–Kier alpha value is -0.560. The van der Waals surface area contributed by atoms with Crippen LogP contribution in [-0.4, -0.2) is 33.4 Å². The molecule has 3 nitrogen and oxygen atoms in total. The molecule has 0 aliphatic heterocycles. The van der Waals surface area contributed by atoms with Crippen molar-refractivity contribution in [1.29, 1.82) is 0 Å². The number of hydrogen-bond acceptors (Lipinski definition) is 3. The van der Waals surface area contributed by atoms with Gasteiger partial charge in [0.1, 0.15) is 12.0 Å². The minimum atomic E-state index is -1.14. The Morgan fingerprint density at radius 3 is 2.70 bits per heavy atom. The molecular weight excluding hydrogens is 458 g/mol. The lowest BCUT2D eigenvalue weighted by atomic mass is 9.45. The second kappa shape index (κ2) is 5.74. The smallest absolute Gasteiger partial charge is 0.178 e. The summed E-state index contributed by atoms with van der Waals surface area (Å²) < 4.78 is 15.8. The number of allylic oxidation sites excluding steroid dienone is 4. The number of hydrogen-bond donors (Lipinski definition) is 1. The van der Waals surface area contributed by atoms with Crippen LogP contribution in [0.25, 0.3) is 0 Å². The van der Waals surface area contributed by atoms with E-state index < -0.39 is 17.7 Å². The molecule has 27 heavy (non-hydrogen) atoms. The number of rotatable bonds is 2. The molecule has 4 saturated carbocycles. The summed E-state index contributed by atoms with van der Waals surface area (Å²) in [5.41, 5.74) is -0.279. The first-order valence-electron chi connectivity index (χ1n) is 10.1. The SMILES string of the molecule is C[C@]12C[C@H](O)[C@H]3[C@@H](C[C@H](F)C4=CC(=O)C=C[C@@]43C)[C@@H]1[C@H]1C[C@H]1[C@@H]2C(=O)CI. The molecule has 146 valence electrons. The number of alkyl halides is 2. The number of halogens is 2.